The van der Waals surface area contributed by atoms with Gasteiger partial charge >= 0.3 is 0 Å². The fraction of sp³-hybridized carbons (Fsp3) is 0.261. The van der Waals surface area contributed by atoms with E-state index < -0.39 is 0 Å². The Hall–Kier alpha value is -3.25. The zero-order chi connectivity index (χ0) is 20.2. The number of nitrogens with zero attached hydrogens (tertiary/aromatic N) is 3. The molecule has 0 unspecified atom stereocenters. The summed E-state index contributed by atoms with van der Waals surface area (Å²) in [7, 11) is 0. The number of carbonyl (C=O) groups is 1. The highest BCUT2D eigenvalue weighted by atomic mass is 16.5. The average Bonchev–Trinajstić information content (AvgIpc) is 2.74. The van der Waals surface area contributed by atoms with Crippen molar-refractivity contribution in [3.63, 3.8) is 0 Å². The summed E-state index contributed by atoms with van der Waals surface area (Å²) in [5.74, 6) is 0.573. The largest absolute Gasteiger partial charge is 0.370 e. The highest BCUT2D eigenvalue weighted by Crippen LogP contribution is 2.23. The molecule has 1 fully saturated rings. The molecule has 1 aliphatic heterocycles. The van der Waals surface area contributed by atoms with Gasteiger partial charge in [0.15, 0.2) is 0 Å². The van der Waals surface area contributed by atoms with E-state index in [4.69, 9.17) is 4.74 Å². The molecule has 1 aliphatic rings. The van der Waals surface area contributed by atoms with E-state index in [0.717, 1.165) is 22.6 Å². The molecule has 0 spiro atoms. The molecule has 2 aromatic carbocycles. The van der Waals surface area contributed by atoms with Crippen LogP contribution in [0.4, 0.5) is 11.6 Å². The average molecular weight is 388 g/mol. The third kappa shape index (κ3) is 4.60. The maximum Gasteiger partial charge on any atom is 0.254 e. The quantitative estimate of drug-likeness (QED) is 0.730. The summed E-state index contributed by atoms with van der Waals surface area (Å²) in [5, 5.41) is 3.19. The molecular formula is C23H24N4O2. The molecule has 1 atom stereocenters. The predicted molar refractivity (Wildman–Crippen MR) is 112 cm³/mol. The molecule has 0 aliphatic carbocycles. The van der Waals surface area contributed by atoms with Gasteiger partial charge in [-0.05, 0) is 49.7 Å². The van der Waals surface area contributed by atoms with E-state index in [-0.39, 0.29) is 12.0 Å². The summed E-state index contributed by atoms with van der Waals surface area (Å²) in [5.41, 5.74) is 4.42. The first kappa shape index (κ1) is 19.1. The van der Waals surface area contributed by atoms with Gasteiger partial charge in [0.05, 0.1) is 13.2 Å². The first-order valence-corrected chi connectivity index (χ1v) is 9.74. The first-order chi connectivity index (χ1) is 14.1. The lowest BCUT2D eigenvalue weighted by Gasteiger charge is -2.33. The maximum absolute atomic E-state index is 13.0. The topological polar surface area (TPSA) is 67.4 Å². The Balaban J connectivity index is 1.43. The van der Waals surface area contributed by atoms with Crippen LogP contribution in [0, 0.1) is 13.8 Å². The minimum atomic E-state index is -0.0865. The van der Waals surface area contributed by atoms with Crippen molar-refractivity contribution in [2.75, 3.05) is 25.0 Å². The van der Waals surface area contributed by atoms with Gasteiger partial charge < -0.3 is 15.0 Å². The highest BCUT2D eigenvalue weighted by Gasteiger charge is 2.26. The number of anilines is 2. The number of ether oxygens (including phenoxy) is 1. The Bertz CT molecular complexity index is 969. The third-order valence-electron chi connectivity index (χ3n) is 4.90. The summed E-state index contributed by atoms with van der Waals surface area (Å²) in [6.45, 7) is 5.56. The van der Waals surface area contributed by atoms with Crippen molar-refractivity contribution in [3.05, 3.63) is 83.2 Å². The second-order valence-electron chi connectivity index (χ2n) is 7.20. The fourth-order valence-corrected chi connectivity index (χ4v) is 3.49. The van der Waals surface area contributed by atoms with Crippen LogP contribution in [0.1, 0.15) is 33.4 Å². The van der Waals surface area contributed by atoms with E-state index in [1.807, 2.05) is 79.4 Å². The van der Waals surface area contributed by atoms with Crippen molar-refractivity contribution >= 4 is 17.5 Å². The number of hydrogen-bond acceptors (Lipinski definition) is 5. The van der Waals surface area contributed by atoms with E-state index in [2.05, 4.69) is 15.3 Å². The van der Waals surface area contributed by atoms with E-state index in [1.54, 1.807) is 0 Å². The van der Waals surface area contributed by atoms with Crippen LogP contribution in [-0.4, -0.2) is 40.5 Å². The fourth-order valence-electron chi connectivity index (χ4n) is 3.49. The Labute approximate surface area is 170 Å². The number of benzene rings is 2. The molecule has 4 rings (SSSR count). The van der Waals surface area contributed by atoms with Gasteiger partial charge in [-0.2, -0.15) is 0 Å². The van der Waals surface area contributed by atoms with Gasteiger partial charge in [0.2, 0.25) is 5.95 Å². The molecule has 0 radical (unpaired) electrons. The van der Waals surface area contributed by atoms with Crippen LogP contribution in [0.3, 0.4) is 0 Å². The van der Waals surface area contributed by atoms with Gasteiger partial charge in [0, 0.05) is 29.2 Å². The summed E-state index contributed by atoms with van der Waals surface area (Å²) in [6, 6.07) is 19.4. The summed E-state index contributed by atoms with van der Waals surface area (Å²) in [4.78, 5) is 23.6. The lowest BCUT2D eigenvalue weighted by atomic mass is 10.1. The third-order valence-corrected chi connectivity index (χ3v) is 4.90. The smallest absolute Gasteiger partial charge is 0.254 e. The Morgan fingerprint density at radius 2 is 1.72 bits per heavy atom. The molecule has 1 saturated heterocycles. The number of rotatable bonds is 4. The Kier molecular flexibility index (Phi) is 5.53. The van der Waals surface area contributed by atoms with E-state index >= 15 is 0 Å². The number of aryl methyl sites for hydroxylation is 2. The lowest BCUT2D eigenvalue weighted by molar-refractivity contribution is -0.0228. The summed E-state index contributed by atoms with van der Waals surface area (Å²) >= 11 is 0. The van der Waals surface area contributed by atoms with Crippen LogP contribution >= 0.6 is 0 Å². The second-order valence-corrected chi connectivity index (χ2v) is 7.20. The molecule has 1 aromatic heterocycles. The molecule has 6 heteroatoms. The van der Waals surface area contributed by atoms with Gasteiger partial charge in [-0.25, -0.2) is 9.97 Å². The van der Waals surface area contributed by atoms with Crippen molar-refractivity contribution in [3.8, 4) is 0 Å². The highest BCUT2D eigenvalue weighted by molar-refractivity contribution is 5.94. The summed E-state index contributed by atoms with van der Waals surface area (Å²) < 4.78 is 5.87. The number of amides is 1. The molecule has 1 N–H and O–H groups in total. The molecule has 0 saturated carbocycles. The number of aromatic nitrogens is 2. The Morgan fingerprint density at radius 1 is 1.03 bits per heavy atom. The Morgan fingerprint density at radius 3 is 2.41 bits per heavy atom. The van der Waals surface area contributed by atoms with Crippen molar-refractivity contribution < 1.29 is 9.53 Å². The van der Waals surface area contributed by atoms with Crippen molar-refractivity contribution in [1.82, 2.24) is 14.9 Å². The normalized spacial score (nSPS) is 16.5. The van der Waals surface area contributed by atoms with Crippen LogP contribution in [-0.2, 0) is 4.74 Å². The van der Waals surface area contributed by atoms with Crippen LogP contribution in [0.25, 0.3) is 0 Å². The standard InChI is InChI=1S/C23H24N4O2/c1-16-14-17(2)25-23(24-16)26-20-10-8-19(9-11-20)22(28)27-12-13-29-21(15-27)18-6-4-3-5-7-18/h3-11,14,21H,12-13,15H2,1-2H3,(H,24,25,26)/t21-/m1/s1. The first-order valence-electron chi connectivity index (χ1n) is 9.74. The number of hydrogen-bond donors (Lipinski definition) is 1. The minimum Gasteiger partial charge on any atom is -0.370 e. The molecule has 148 valence electrons. The second kappa shape index (κ2) is 8.41. The number of nitrogens with one attached hydrogen (secondary N) is 1. The van der Waals surface area contributed by atoms with Crippen molar-refractivity contribution in [2.24, 2.45) is 0 Å². The van der Waals surface area contributed by atoms with Gasteiger partial charge in [-0.15, -0.1) is 0 Å². The molecule has 6 nitrogen and oxygen atoms in total. The van der Waals surface area contributed by atoms with Crippen molar-refractivity contribution in [1.29, 1.82) is 0 Å². The number of morpholine rings is 1. The molecule has 0 bridgehead atoms. The van der Waals surface area contributed by atoms with Gasteiger partial charge in [0.1, 0.15) is 6.10 Å². The molecule has 2 heterocycles. The molecule has 3 aromatic rings. The van der Waals surface area contributed by atoms with Gasteiger partial charge in [-0.3, -0.25) is 4.79 Å². The van der Waals surface area contributed by atoms with E-state index in [1.165, 1.54) is 0 Å². The SMILES string of the molecule is Cc1cc(C)nc(Nc2ccc(C(=O)N3CCO[C@@H](c4ccccc4)C3)cc2)n1. The zero-order valence-electron chi connectivity index (χ0n) is 16.6. The zero-order valence-corrected chi connectivity index (χ0v) is 16.6. The minimum absolute atomic E-state index is 0.0171. The van der Waals surface area contributed by atoms with Crippen LogP contribution in [0.15, 0.2) is 60.7 Å². The summed E-state index contributed by atoms with van der Waals surface area (Å²) in [6.07, 6.45) is -0.0865. The van der Waals surface area contributed by atoms with Crippen LogP contribution in [0.5, 0.6) is 0 Å². The molecule has 29 heavy (non-hydrogen) atoms. The van der Waals surface area contributed by atoms with Crippen LogP contribution < -0.4 is 5.32 Å². The van der Waals surface area contributed by atoms with Gasteiger partial charge in [0.25, 0.3) is 5.91 Å². The van der Waals surface area contributed by atoms with E-state index in [9.17, 15) is 4.79 Å². The van der Waals surface area contributed by atoms with Crippen LogP contribution in [0.2, 0.25) is 0 Å². The van der Waals surface area contributed by atoms with E-state index in [0.29, 0.717) is 31.2 Å². The lowest BCUT2D eigenvalue weighted by Crippen LogP contribution is -2.42. The van der Waals surface area contributed by atoms with Crippen molar-refractivity contribution in [2.45, 2.75) is 20.0 Å². The van der Waals surface area contributed by atoms with Gasteiger partial charge in [-0.1, -0.05) is 30.3 Å². The maximum atomic E-state index is 13.0. The monoisotopic (exact) mass is 388 g/mol. The predicted octanol–water partition coefficient (Wildman–Crippen LogP) is 4.05. The number of carbonyl (C=O) groups excluding carboxylic acids is 1. The molecule has 1 amide bonds. The molecular weight excluding hydrogens is 364 g/mol.